The summed E-state index contributed by atoms with van der Waals surface area (Å²) < 4.78 is 43.1. The lowest BCUT2D eigenvalue weighted by atomic mass is 9.98. The second-order valence-corrected chi connectivity index (χ2v) is 4.42. The smallest absolute Gasteiger partial charge is 0.428 e. The van der Waals surface area contributed by atoms with Crippen LogP contribution in [0.5, 0.6) is 5.75 Å². The van der Waals surface area contributed by atoms with Gasteiger partial charge in [0.2, 0.25) is 5.60 Å². The molecule has 0 saturated heterocycles. The zero-order valence-electron chi connectivity index (χ0n) is 8.64. The lowest BCUT2D eigenvalue weighted by Crippen LogP contribution is -2.46. The Morgan fingerprint density at radius 3 is 2.65 bits per heavy atom. The average Bonchev–Trinajstić information content (AvgIpc) is 2.52. The number of nitroso groups, excluding NO2 is 1. The Balaban J connectivity index is 2.44. The van der Waals surface area contributed by atoms with Gasteiger partial charge in [0.05, 0.1) is 5.02 Å². The molecule has 0 fully saturated rings. The fourth-order valence-electron chi connectivity index (χ4n) is 1.69. The molecule has 0 saturated carbocycles. The maximum atomic E-state index is 12.7. The molecule has 7 heteroatoms. The van der Waals surface area contributed by atoms with Crippen LogP contribution in [0.3, 0.4) is 0 Å². The minimum Gasteiger partial charge on any atom is -0.477 e. The highest BCUT2D eigenvalue weighted by atomic mass is 35.5. The van der Waals surface area contributed by atoms with Crippen LogP contribution in [0.4, 0.5) is 18.9 Å². The van der Waals surface area contributed by atoms with Gasteiger partial charge in [0.15, 0.2) is 0 Å². The van der Waals surface area contributed by atoms with Gasteiger partial charge in [-0.25, -0.2) is 0 Å². The minimum absolute atomic E-state index is 0.0230. The van der Waals surface area contributed by atoms with Gasteiger partial charge in [0.25, 0.3) is 0 Å². The summed E-state index contributed by atoms with van der Waals surface area (Å²) in [7, 11) is 0. The van der Waals surface area contributed by atoms with Gasteiger partial charge in [0, 0.05) is 18.1 Å². The van der Waals surface area contributed by atoms with Crippen LogP contribution < -0.4 is 4.74 Å². The van der Waals surface area contributed by atoms with E-state index in [-0.39, 0.29) is 28.4 Å². The summed E-state index contributed by atoms with van der Waals surface area (Å²) in [5, 5.41) is 2.62. The summed E-state index contributed by atoms with van der Waals surface area (Å²) in [6.07, 6.45) is -4.85. The molecule has 1 aliphatic rings. The van der Waals surface area contributed by atoms with Gasteiger partial charge in [0.1, 0.15) is 11.4 Å². The minimum atomic E-state index is -4.49. The second-order valence-electron chi connectivity index (χ2n) is 4.01. The number of hydrogen-bond acceptors (Lipinski definition) is 3. The first-order valence-corrected chi connectivity index (χ1v) is 5.06. The van der Waals surface area contributed by atoms with Crippen LogP contribution >= 0.6 is 11.6 Å². The molecule has 1 aliphatic heterocycles. The summed E-state index contributed by atoms with van der Waals surface area (Å²) in [6.45, 7) is 0.953. The van der Waals surface area contributed by atoms with Gasteiger partial charge < -0.3 is 4.74 Å². The van der Waals surface area contributed by atoms with Crippen LogP contribution in [0.15, 0.2) is 17.3 Å². The van der Waals surface area contributed by atoms with Crippen molar-refractivity contribution in [1.29, 1.82) is 0 Å². The number of rotatable bonds is 1. The van der Waals surface area contributed by atoms with Gasteiger partial charge in [-0.15, -0.1) is 4.91 Å². The highest BCUT2D eigenvalue weighted by Gasteiger charge is 2.56. The summed E-state index contributed by atoms with van der Waals surface area (Å²) >= 11 is 5.66. The van der Waals surface area contributed by atoms with Crippen LogP contribution in [0.25, 0.3) is 0 Å². The number of ether oxygens (including phenoxy) is 1. The molecule has 0 radical (unpaired) electrons. The van der Waals surface area contributed by atoms with Crippen LogP contribution in [0.1, 0.15) is 12.5 Å². The summed E-state index contributed by atoms with van der Waals surface area (Å²) in [5.74, 6) is 0.0437. The maximum absolute atomic E-state index is 12.7. The van der Waals surface area contributed by atoms with E-state index in [4.69, 9.17) is 16.3 Å². The van der Waals surface area contributed by atoms with Crippen molar-refractivity contribution in [2.75, 3.05) is 0 Å². The van der Waals surface area contributed by atoms with Crippen LogP contribution in [0.2, 0.25) is 5.02 Å². The molecule has 0 N–H and O–H groups in total. The van der Waals surface area contributed by atoms with Crippen LogP contribution in [0, 0.1) is 4.91 Å². The fraction of sp³-hybridized carbons (Fsp3) is 0.400. The monoisotopic (exact) mass is 265 g/mol. The van der Waals surface area contributed by atoms with Crippen LogP contribution in [-0.4, -0.2) is 11.8 Å². The summed E-state index contributed by atoms with van der Waals surface area (Å²) in [4.78, 5) is 10.4. The quantitative estimate of drug-likeness (QED) is 0.720. The zero-order valence-corrected chi connectivity index (χ0v) is 9.39. The fourth-order valence-corrected chi connectivity index (χ4v) is 1.88. The van der Waals surface area contributed by atoms with Gasteiger partial charge in [-0.05, 0) is 18.2 Å². The first kappa shape index (κ1) is 12.2. The maximum Gasteiger partial charge on any atom is 0.428 e. The van der Waals surface area contributed by atoms with Crippen molar-refractivity contribution in [3.63, 3.8) is 0 Å². The van der Waals surface area contributed by atoms with Crippen molar-refractivity contribution in [3.05, 3.63) is 27.6 Å². The number of hydrogen-bond donors (Lipinski definition) is 0. The lowest BCUT2D eigenvalue weighted by Gasteiger charge is -2.26. The van der Waals surface area contributed by atoms with E-state index >= 15 is 0 Å². The summed E-state index contributed by atoms with van der Waals surface area (Å²) in [5.41, 5.74) is -2.08. The summed E-state index contributed by atoms with van der Waals surface area (Å²) in [6, 6.07) is 2.41. The third-order valence-corrected chi connectivity index (χ3v) is 2.99. The molecule has 0 aromatic heterocycles. The predicted molar refractivity (Wildman–Crippen MR) is 55.7 cm³/mol. The van der Waals surface area contributed by atoms with Gasteiger partial charge >= 0.3 is 6.18 Å². The molecule has 1 aromatic carbocycles. The highest BCUT2D eigenvalue weighted by molar-refractivity contribution is 6.33. The van der Waals surface area contributed by atoms with Crippen molar-refractivity contribution < 1.29 is 17.9 Å². The molecule has 17 heavy (non-hydrogen) atoms. The SMILES string of the molecule is CC1(C(F)(F)F)Cc2cc(N=O)c(Cl)cc2O1. The molecule has 0 spiro atoms. The van der Waals surface area contributed by atoms with Crippen molar-refractivity contribution >= 4 is 17.3 Å². The Morgan fingerprint density at radius 2 is 2.12 bits per heavy atom. The molecule has 1 aromatic rings. The molecular formula is C10H7ClF3NO2. The second kappa shape index (κ2) is 3.60. The largest absolute Gasteiger partial charge is 0.477 e. The topological polar surface area (TPSA) is 38.7 Å². The molecule has 1 unspecified atom stereocenters. The molecule has 3 nitrogen and oxygen atoms in total. The van der Waals surface area contributed by atoms with E-state index in [1.807, 2.05) is 0 Å². The Bertz CT molecular complexity index is 489. The Kier molecular flexibility index (Phi) is 2.57. The van der Waals surface area contributed by atoms with E-state index in [2.05, 4.69) is 5.18 Å². The Morgan fingerprint density at radius 1 is 1.47 bits per heavy atom. The van der Waals surface area contributed by atoms with E-state index in [0.717, 1.165) is 6.92 Å². The molecule has 92 valence electrons. The molecule has 0 amide bonds. The number of benzene rings is 1. The first-order chi connectivity index (χ1) is 7.77. The number of alkyl halides is 3. The molecule has 2 rings (SSSR count). The van der Waals surface area contributed by atoms with E-state index < -0.39 is 11.8 Å². The first-order valence-electron chi connectivity index (χ1n) is 4.68. The van der Waals surface area contributed by atoms with E-state index in [1.54, 1.807) is 0 Å². The highest BCUT2D eigenvalue weighted by Crippen LogP contribution is 2.46. The Hall–Kier alpha value is -1.30. The van der Waals surface area contributed by atoms with Crippen molar-refractivity contribution in [2.24, 2.45) is 5.18 Å². The van der Waals surface area contributed by atoms with Gasteiger partial charge in [-0.1, -0.05) is 11.6 Å². The van der Waals surface area contributed by atoms with Gasteiger partial charge in [-0.2, -0.15) is 13.2 Å². The van der Waals surface area contributed by atoms with Crippen molar-refractivity contribution in [2.45, 2.75) is 25.1 Å². The predicted octanol–water partition coefficient (Wildman–Crippen LogP) is 3.99. The lowest BCUT2D eigenvalue weighted by molar-refractivity contribution is -0.235. The number of fused-ring (bicyclic) bond motifs is 1. The Labute approximate surface area is 99.5 Å². The van der Waals surface area contributed by atoms with Crippen molar-refractivity contribution in [1.82, 2.24) is 0 Å². The molecule has 1 heterocycles. The van der Waals surface area contributed by atoms with Crippen LogP contribution in [-0.2, 0) is 6.42 Å². The standard InChI is InChI=1S/C10H7ClF3NO2/c1-9(10(12,13)14)4-5-2-7(15-16)6(11)3-8(5)17-9/h2-3H,4H2,1H3. The normalized spacial score (nSPS) is 23.1. The van der Waals surface area contributed by atoms with E-state index in [1.165, 1.54) is 12.1 Å². The molecule has 1 atom stereocenters. The molecule has 0 aliphatic carbocycles. The zero-order chi connectivity index (χ0) is 12.8. The third kappa shape index (κ3) is 1.86. The van der Waals surface area contributed by atoms with E-state index in [9.17, 15) is 18.1 Å². The molecule has 0 bridgehead atoms. The average molecular weight is 266 g/mol. The number of nitrogens with zero attached hydrogens (tertiary/aromatic N) is 1. The van der Waals surface area contributed by atoms with E-state index in [0.29, 0.717) is 0 Å². The molecular weight excluding hydrogens is 259 g/mol. The van der Waals surface area contributed by atoms with Crippen molar-refractivity contribution in [3.8, 4) is 5.75 Å². The van der Waals surface area contributed by atoms with Gasteiger partial charge in [-0.3, -0.25) is 0 Å². The third-order valence-electron chi connectivity index (χ3n) is 2.69. The number of halogens is 4.